The van der Waals surface area contributed by atoms with Gasteiger partial charge in [-0.2, -0.15) is 0 Å². The van der Waals surface area contributed by atoms with Crippen LogP contribution in [0, 0.1) is 0 Å². The highest BCUT2D eigenvalue weighted by atomic mass is 35.5. The number of halogens is 1. The Hall–Kier alpha value is -0.180. The van der Waals surface area contributed by atoms with Crippen LogP contribution in [-0.2, 0) is 0 Å². The second-order valence-electron chi connectivity index (χ2n) is 4.30. The van der Waals surface area contributed by atoms with E-state index in [0.717, 1.165) is 18.1 Å². The normalized spacial score (nSPS) is 12.6. The van der Waals surface area contributed by atoms with Crippen molar-refractivity contribution >= 4 is 23.4 Å². The van der Waals surface area contributed by atoms with E-state index in [0.29, 0.717) is 5.25 Å². The zero-order chi connectivity index (χ0) is 12.5. The summed E-state index contributed by atoms with van der Waals surface area (Å²) in [7, 11) is 0. The largest absolute Gasteiger partial charge is 0.316 e. The molecule has 0 aromatic heterocycles. The third kappa shape index (κ3) is 6.97. The minimum atomic E-state index is 0.579. The van der Waals surface area contributed by atoms with Crippen molar-refractivity contribution in [3.63, 3.8) is 0 Å². The van der Waals surface area contributed by atoms with Crippen molar-refractivity contribution in [2.45, 2.75) is 43.3 Å². The van der Waals surface area contributed by atoms with Crippen molar-refractivity contribution < 1.29 is 0 Å². The molecule has 17 heavy (non-hydrogen) atoms. The van der Waals surface area contributed by atoms with Gasteiger partial charge in [-0.25, -0.2) is 0 Å². The van der Waals surface area contributed by atoms with Gasteiger partial charge in [-0.15, -0.1) is 11.8 Å². The SMILES string of the molecule is CCCCCNCC(C)Sc1cccc(Cl)c1. The zero-order valence-corrected chi connectivity index (χ0v) is 12.3. The van der Waals surface area contributed by atoms with E-state index in [1.54, 1.807) is 0 Å². The Morgan fingerprint density at radius 2 is 2.18 bits per heavy atom. The Morgan fingerprint density at radius 1 is 1.35 bits per heavy atom. The number of benzene rings is 1. The lowest BCUT2D eigenvalue weighted by Crippen LogP contribution is -2.23. The van der Waals surface area contributed by atoms with Crippen LogP contribution >= 0.6 is 23.4 Å². The van der Waals surface area contributed by atoms with Crippen LogP contribution in [0.2, 0.25) is 5.02 Å². The van der Waals surface area contributed by atoms with Gasteiger partial charge in [0.2, 0.25) is 0 Å². The van der Waals surface area contributed by atoms with E-state index in [-0.39, 0.29) is 0 Å². The molecule has 3 heteroatoms. The summed E-state index contributed by atoms with van der Waals surface area (Å²) in [6, 6.07) is 8.06. The molecule has 0 fully saturated rings. The van der Waals surface area contributed by atoms with Gasteiger partial charge in [0, 0.05) is 21.7 Å². The van der Waals surface area contributed by atoms with Gasteiger partial charge in [-0.05, 0) is 31.2 Å². The van der Waals surface area contributed by atoms with Crippen LogP contribution in [0.5, 0.6) is 0 Å². The van der Waals surface area contributed by atoms with E-state index in [9.17, 15) is 0 Å². The molecule has 0 saturated carbocycles. The maximum Gasteiger partial charge on any atom is 0.0417 e. The van der Waals surface area contributed by atoms with E-state index >= 15 is 0 Å². The highest BCUT2D eigenvalue weighted by Crippen LogP contribution is 2.25. The van der Waals surface area contributed by atoms with Gasteiger partial charge in [0.15, 0.2) is 0 Å². The number of hydrogen-bond acceptors (Lipinski definition) is 2. The molecule has 0 aliphatic carbocycles. The van der Waals surface area contributed by atoms with Crippen molar-refractivity contribution in [2.75, 3.05) is 13.1 Å². The second-order valence-corrected chi connectivity index (χ2v) is 6.25. The molecule has 1 N–H and O–H groups in total. The average molecular weight is 272 g/mol. The summed E-state index contributed by atoms with van der Waals surface area (Å²) in [5.41, 5.74) is 0. The van der Waals surface area contributed by atoms with Crippen molar-refractivity contribution in [2.24, 2.45) is 0 Å². The number of hydrogen-bond donors (Lipinski definition) is 1. The predicted octanol–water partition coefficient (Wildman–Crippen LogP) is 4.60. The van der Waals surface area contributed by atoms with Crippen LogP contribution in [-0.4, -0.2) is 18.3 Å². The van der Waals surface area contributed by atoms with Crippen LogP contribution in [0.3, 0.4) is 0 Å². The fraction of sp³-hybridized carbons (Fsp3) is 0.571. The molecule has 0 spiro atoms. The Bertz CT molecular complexity index is 317. The third-order valence-electron chi connectivity index (χ3n) is 2.52. The van der Waals surface area contributed by atoms with Crippen LogP contribution in [0.25, 0.3) is 0 Å². The Kier molecular flexibility index (Phi) is 7.74. The van der Waals surface area contributed by atoms with E-state index in [4.69, 9.17) is 11.6 Å². The van der Waals surface area contributed by atoms with Crippen LogP contribution in [0.4, 0.5) is 0 Å². The molecule has 0 heterocycles. The lowest BCUT2D eigenvalue weighted by atomic mass is 10.2. The zero-order valence-electron chi connectivity index (χ0n) is 10.7. The number of nitrogens with one attached hydrogen (secondary N) is 1. The summed E-state index contributed by atoms with van der Waals surface area (Å²) in [5, 5.41) is 4.90. The standard InChI is InChI=1S/C14H22ClNS/c1-3-4-5-9-16-11-12(2)17-14-8-6-7-13(15)10-14/h6-8,10,12,16H,3-5,9,11H2,1-2H3. The highest BCUT2D eigenvalue weighted by Gasteiger charge is 2.04. The lowest BCUT2D eigenvalue weighted by molar-refractivity contribution is 0.616. The van der Waals surface area contributed by atoms with Crippen molar-refractivity contribution in [3.8, 4) is 0 Å². The van der Waals surface area contributed by atoms with E-state index in [1.807, 2.05) is 30.0 Å². The summed E-state index contributed by atoms with van der Waals surface area (Å²) in [6.07, 6.45) is 3.89. The first kappa shape index (κ1) is 14.9. The van der Waals surface area contributed by atoms with Gasteiger partial charge in [-0.1, -0.05) is 44.4 Å². The fourth-order valence-corrected chi connectivity index (χ4v) is 2.89. The predicted molar refractivity (Wildman–Crippen MR) is 79.2 cm³/mol. The Labute approximate surface area is 114 Å². The molecule has 1 rings (SSSR count). The quantitative estimate of drug-likeness (QED) is 0.548. The van der Waals surface area contributed by atoms with Crippen molar-refractivity contribution in [1.82, 2.24) is 5.32 Å². The number of thioether (sulfide) groups is 1. The third-order valence-corrected chi connectivity index (χ3v) is 3.85. The summed E-state index contributed by atoms with van der Waals surface area (Å²) in [4.78, 5) is 1.25. The van der Waals surface area contributed by atoms with E-state index in [1.165, 1.54) is 24.2 Å². The molecular formula is C14H22ClNS. The molecule has 0 amide bonds. The Balaban J connectivity index is 2.18. The molecule has 1 unspecified atom stereocenters. The molecule has 1 aromatic rings. The molecule has 0 aliphatic heterocycles. The molecular weight excluding hydrogens is 250 g/mol. The first-order chi connectivity index (χ1) is 8.22. The Morgan fingerprint density at radius 3 is 2.88 bits per heavy atom. The number of rotatable bonds is 8. The summed E-state index contributed by atoms with van der Waals surface area (Å²) in [6.45, 7) is 6.67. The maximum atomic E-state index is 5.96. The van der Waals surface area contributed by atoms with Gasteiger partial charge < -0.3 is 5.32 Å². The number of unbranched alkanes of at least 4 members (excludes halogenated alkanes) is 2. The molecule has 0 bridgehead atoms. The molecule has 0 radical (unpaired) electrons. The van der Waals surface area contributed by atoms with Crippen LogP contribution in [0.1, 0.15) is 33.1 Å². The lowest BCUT2D eigenvalue weighted by Gasteiger charge is -2.12. The van der Waals surface area contributed by atoms with Gasteiger partial charge in [-0.3, -0.25) is 0 Å². The van der Waals surface area contributed by atoms with Crippen LogP contribution < -0.4 is 5.32 Å². The highest BCUT2D eigenvalue weighted by molar-refractivity contribution is 8.00. The van der Waals surface area contributed by atoms with E-state index < -0.39 is 0 Å². The van der Waals surface area contributed by atoms with Crippen LogP contribution in [0.15, 0.2) is 29.2 Å². The minimum absolute atomic E-state index is 0.579. The summed E-state index contributed by atoms with van der Waals surface area (Å²) in [5.74, 6) is 0. The van der Waals surface area contributed by atoms with Gasteiger partial charge >= 0.3 is 0 Å². The van der Waals surface area contributed by atoms with Gasteiger partial charge in [0.05, 0.1) is 0 Å². The minimum Gasteiger partial charge on any atom is -0.316 e. The smallest absolute Gasteiger partial charge is 0.0417 e. The topological polar surface area (TPSA) is 12.0 Å². The molecule has 1 nitrogen and oxygen atoms in total. The molecule has 0 saturated heterocycles. The van der Waals surface area contributed by atoms with Gasteiger partial charge in [0.1, 0.15) is 0 Å². The van der Waals surface area contributed by atoms with Gasteiger partial charge in [0.25, 0.3) is 0 Å². The van der Waals surface area contributed by atoms with Crippen molar-refractivity contribution in [1.29, 1.82) is 0 Å². The molecule has 96 valence electrons. The molecule has 0 aliphatic rings. The first-order valence-electron chi connectivity index (χ1n) is 6.35. The molecule has 1 aromatic carbocycles. The fourth-order valence-electron chi connectivity index (χ4n) is 1.62. The second kappa shape index (κ2) is 8.84. The first-order valence-corrected chi connectivity index (χ1v) is 7.61. The van der Waals surface area contributed by atoms with E-state index in [2.05, 4.69) is 25.2 Å². The summed E-state index contributed by atoms with van der Waals surface area (Å²) < 4.78 is 0. The average Bonchev–Trinajstić information content (AvgIpc) is 2.29. The monoisotopic (exact) mass is 271 g/mol. The van der Waals surface area contributed by atoms with Crippen molar-refractivity contribution in [3.05, 3.63) is 29.3 Å². The summed E-state index contributed by atoms with van der Waals surface area (Å²) >= 11 is 7.84. The molecule has 1 atom stereocenters. The maximum absolute atomic E-state index is 5.96.